The third kappa shape index (κ3) is 2.50. The number of aliphatic hydroxyl groups excluding tert-OH is 1. The van der Waals surface area contributed by atoms with Crippen LogP contribution in [0.3, 0.4) is 0 Å². The molecule has 2 N–H and O–H groups in total. The predicted octanol–water partition coefficient (Wildman–Crippen LogP) is 0.539. The van der Waals surface area contributed by atoms with Gasteiger partial charge in [0, 0.05) is 13.0 Å². The monoisotopic (exact) mass is 156 g/mol. The molecule has 3 heteroatoms. The van der Waals surface area contributed by atoms with Crippen molar-refractivity contribution in [2.75, 3.05) is 13.2 Å². The van der Waals surface area contributed by atoms with Gasteiger partial charge in [-0.05, 0) is 20.3 Å². The molecule has 1 heterocycles. The minimum absolute atomic E-state index is 0.145. The van der Waals surface area contributed by atoms with E-state index in [4.69, 9.17) is 5.11 Å². The summed E-state index contributed by atoms with van der Waals surface area (Å²) >= 11 is 0. The van der Waals surface area contributed by atoms with Crippen LogP contribution in [0.15, 0.2) is 4.99 Å². The highest BCUT2D eigenvalue weighted by Gasteiger charge is 2.18. The zero-order valence-corrected chi connectivity index (χ0v) is 7.22. The van der Waals surface area contributed by atoms with E-state index in [0.717, 1.165) is 25.2 Å². The maximum absolute atomic E-state index is 8.94. The first-order chi connectivity index (χ1) is 5.14. The summed E-state index contributed by atoms with van der Waals surface area (Å²) in [5, 5.41) is 12.1. The van der Waals surface area contributed by atoms with Crippen LogP contribution >= 0.6 is 0 Å². The van der Waals surface area contributed by atoms with Crippen molar-refractivity contribution in [3.05, 3.63) is 0 Å². The average Bonchev–Trinajstić information content (AvgIpc) is 2.39. The number of nitrogens with one attached hydrogen (secondary N) is 1. The van der Waals surface area contributed by atoms with Crippen LogP contribution in [0.2, 0.25) is 0 Å². The van der Waals surface area contributed by atoms with Gasteiger partial charge in [-0.1, -0.05) is 0 Å². The van der Waals surface area contributed by atoms with E-state index in [0.29, 0.717) is 0 Å². The quantitative estimate of drug-likeness (QED) is 0.613. The predicted molar refractivity (Wildman–Crippen MR) is 45.8 cm³/mol. The van der Waals surface area contributed by atoms with E-state index < -0.39 is 0 Å². The van der Waals surface area contributed by atoms with Crippen LogP contribution in [-0.2, 0) is 0 Å². The minimum Gasteiger partial charge on any atom is -0.394 e. The summed E-state index contributed by atoms with van der Waals surface area (Å²) in [6, 6.07) is 0. The number of aliphatic hydroxyl groups is 1. The van der Waals surface area contributed by atoms with Crippen molar-refractivity contribution in [2.24, 2.45) is 4.99 Å². The van der Waals surface area contributed by atoms with Crippen LogP contribution in [0.4, 0.5) is 0 Å². The molecule has 0 aromatic heterocycles. The SMILES string of the molecule is CC(C)(CO)NC1=NCCC1. The zero-order chi connectivity index (χ0) is 8.32. The van der Waals surface area contributed by atoms with Gasteiger partial charge >= 0.3 is 0 Å². The van der Waals surface area contributed by atoms with Gasteiger partial charge in [-0.25, -0.2) is 0 Å². The van der Waals surface area contributed by atoms with E-state index in [9.17, 15) is 0 Å². The lowest BCUT2D eigenvalue weighted by Crippen LogP contribution is -2.45. The van der Waals surface area contributed by atoms with E-state index >= 15 is 0 Å². The third-order valence-electron chi connectivity index (χ3n) is 1.75. The molecule has 0 unspecified atom stereocenters. The molecule has 0 fully saturated rings. The molecule has 1 aliphatic rings. The highest BCUT2D eigenvalue weighted by Crippen LogP contribution is 2.06. The molecular formula is C8H16N2O. The van der Waals surface area contributed by atoms with Crippen LogP contribution in [0, 0.1) is 0 Å². The second-order valence-corrected chi connectivity index (χ2v) is 3.60. The van der Waals surface area contributed by atoms with Crippen molar-refractivity contribution in [2.45, 2.75) is 32.2 Å². The Morgan fingerprint density at radius 1 is 1.64 bits per heavy atom. The van der Waals surface area contributed by atoms with E-state index in [1.54, 1.807) is 0 Å². The molecule has 3 nitrogen and oxygen atoms in total. The molecular weight excluding hydrogens is 140 g/mol. The van der Waals surface area contributed by atoms with E-state index in [2.05, 4.69) is 10.3 Å². The highest BCUT2D eigenvalue weighted by molar-refractivity contribution is 5.84. The van der Waals surface area contributed by atoms with E-state index in [1.807, 2.05) is 13.8 Å². The van der Waals surface area contributed by atoms with Gasteiger partial charge in [0.1, 0.15) is 0 Å². The minimum atomic E-state index is -0.219. The molecule has 0 aromatic carbocycles. The van der Waals surface area contributed by atoms with Crippen LogP contribution in [0.1, 0.15) is 26.7 Å². The molecule has 0 saturated carbocycles. The second kappa shape index (κ2) is 3.22. The Morgan fingerprint density at radius 3 is 2.82 bits per heavy atom. The van der Waals surface area contributed by atoms with Gasteiger partial charge in [-0.3, -0.25) is 4.99 Å². The van der Waals surface area contributed by atoms with Crippen LogP contribution < -0.4 is 5.32 Å². The number of nitrogens with zero attached hydrogens (tertiary/aromatic N) is 1. The number of aliphatic imine (C=N–C) groups is 1. The summed E-state index contributed by atoms with van der Waals surface area (Å²) in [5.41, 5.74) is -0.219. The number of hydrogen-bond acceptors (Lipinski definition) is 3. The lowest BCUT2D eigenvalue weighted by atomic mass is 10.1. The van der Waals surface area contributed by atoms with Gasteiger partial charge in [0.05, 0.1) is 18.0 Å². The second-order valence-electron chi connectivity index (χ2n) is 3.60. The summed E-state index contributed by atoms with van der Waals surface area (Å²) in [5.74, 6) is 1.05. The standard InChI is InChI=1S/C8H16N2O/c1-8(2,6-11)10-7-4-3-5-9-7/h11H,3-6H2,1-2H3,(H,9,10). The molecule has 0 radical (unpaired) electrons. The first-order valence-corrected chi connectivity index (χ1v) is 4.06. The van der Waals surface area contributed by atoms with Crippen molar-refractivity contribution in [3.8, 4) is 0 Å². The number of rotatable bonds is 2. The molecule has 0 aliphatic carbocycles. The Bertz CT molecular complexity index is 163. The molecule has 0 amide bonds. The first kappa shape index (κ1) is 8.53. The largest absolute Gasteiger partial charge is 0.394 e. The topological polar surface area (TPSA) is 44.6 Å². The van der Waals surface area contributed by atoms with Crippen LogP contribution in [0.25, 0.3) is 0 Å². The molecule has 1 rings (SSSR count). The van der Waals surface area contributed by atoms with Crippen molar-refractivity contribution < 1.29 is 5.11 Å². The molecule has 11 heavy (non-hydrogen) atoms. The highest BCUT2D eigenvalue weighted by atomic mass is 16.3. The maximum Gasteiger partial charge on any atom is 0.0968 e. The first-order valence-electron chi connectivity index (χ1n) is 4.06. The molecule has 0 saturated heterocycles. The fourth-order valence-corrected chi connectivity index (χ4v) is 1.07. The van der Waals surface area contributed by atoms with Gasteiger partial charge in [0.15, 0.2) is 0 Å². The van der Waals surface area contributed by atoms with E-state index in [-0.39, 0.29) is 12.1 Å². The van der Waals surface area contributed by atoms with Gasteiger partial charge < -0.3 is 10.4 Å². The van der Waals surface area contributed by atoms with Crippen molar-refractivity contribution in [1.82, 2.24) is 5.32 Å². The Kier molecular flexibility index (Phi) is 2.49. The van der Waals surface area contributed by atoms with Crippen LogP contribution in [-0.4, -0.2) is 29.6 Å². The van der Waals surface area contributed by atoms with Gasteiger partial charge in [-0.2, -0.15) is 0 Å². The fraction of sp³-hybridized carbons (Fsp3) is 0.875. The summed E-state index contributed by atoms with van der Waals surface area (Å²) in [6.45, 7) is 5.01. The van der Waals surface area contributed by atoms with Crippen molar-refractivity contribution in [1.29, 1.82) is 0 Å². The summed E-state index contributed by atoms with van der Waals surface area (Å²) in [7, 11) is 0. The smallest absolute Gasteiger partial charge is 0.0968 e. The normalized spacial score (nSPS) is 18.3. The molecule has 0 bridgehead atoms. The fourth-order valence-electron chi connectivity index (χ4n) is 1.07. The van der Waals surface area contributed by atoms with Crippen LogP contribution in [0.5, 0.6) is 0 Å². The van der Waals surface area contributed by atoms with Crippen molar-refractivity contribution in [3.63, 3.8) is 0 Å². The lowest BCUT2D eigenvalue weighted by molar-refractivity contribution is 0.206. The van der Waals surface area contributed by atoms with Gasteiger partial charge in [0.2, 0.25) is 0 Å². The number of amidine groups is 1. The van der Waals surface area contributed by atoms with Gasteiger partial charge in [-0.15, -0.1) is 0 Å². The number of hydrogen-bond donors (Lipinski definition) is 2. The van der Waals surface area contributed by atoms with Crippen molar-refractivity contribution >= 4 is 5.84 Å². The molecule has 0 spiro atoms. The Balaban J connectivity index is 2.40. The molecule has 0 atom stereocenters. The summed E-state index contributed by atoms with van der Waals surface area (Å²) in [4.78, 5) is 4.26. The molecule has 0 aromatic rings. The Labute approximate surface area is 67.5 Å². The maximum atomic E-state index is 8.94. The Morgan fingerprint density at radius 2 is 2.36 bits per heavy atom. The van der Waals surface area contributed by atoms with Gasteiger partial charge in [0.25, 0.3) is 0 Å². The molecule has 1 aliphatic heterocycles. The summed E-state index contributed by atoms with van der Waals surface area (Å²) in [6.07, 6.45) is 2.17. The molecule has 64 valence electrons. The third-order valence-corrected chi connectivity index (χ3v) is 1.75. The average molecular weight is 156 g/mol. The zero-order valence-electron chi connectivity index (χ0n) is 7.22. The Hall–Kier alpha value is -0.570. The lowest BCUT2D eigenvalue weighted by Gasteiger charge is -2.24. The van der Waals surface area contributed by atoms with E-state index in [1.165, 1.54) is 0 Å². The summed E-state index contributed by atoms with van der Waals surface area (Å²) < 4.78 is 0.